The van der Waals surface area contributed by atoms with E-state index in [2.05, 4.69) is 14.9 Å². The molecule has 2 rings (SSSR count). The Morgan fingerprint density at radius 1 is 1.48 bits per heavy atom. The number of hydrogen-bond acceptors (Lipinski definition) is 5. The van der Waals surface area contributed by atoms with Gasteiger partial charge in [0.1, 0.15) is 17.0 Å². The summed E-state index contributed by atoms with van der Waals surface area (Å²) in [6.07, 6.45) is 1.43. The molecule has 0 saturated carbocycles. The van der Waals surface area contributed by atoms with Crippen molar-refractivity contribution in [2.75, 3.05) is 0 Å². The number of aromatic nitrogens is 3. The fourth-order valence-corrected chi connectivity index (χ4v) is 3.05. The zero-order valence-corrected chi connectivity index (χ0v) is 12.4. The van der Waals surface area contributed by atoms with Crippen LogP contribution in [0.3, 0.4) is 0 Å². The highest BCUT2D eigenvalue weighted by Gasteiger charge is 2.20. The summed E-state index contributed by atoms with van der Waals surface area (Å²) in [5.41, 5.74) is -0.168. The molecule has 0 amide bonds. The molecule has 10 heteroatoms. The number of hydrogen-bond donors (Lipinski definition) is 2. The van der Waals surface area contributed by atoms with E-state index in [1.807, 2.05) is 0 Å². The smallest absolute Gasteiger partial charge is 0.335 e. The van der Waals surface area contributed by atoms with Gasteiger partial charge in [-0.2, -0.15) is 0 Å². The minimum Gasteiger partial charge on any atom is -0.478 e. The summed E-state index contributed by atoms with van der Waals surface area (Å²) in [5.74, 6) is -0.833. The summed E-state index contributed by atoms with van der Waals surface area (Å²) in [7, 11) is -2.30. The Morgan fingerprint density at radius 3 is 2.76 bits per heavy atom. The third-order valence-electron chi connectivity index (χ3n) is 2.69. The van der Waals surface area contributed by atoms with Crippen LogP contribution in [-0.4, -0.2) is 34.3 Å². The maximum absolute atomic E-state index is 12.2. The van der Waals surface area contributed by atoms with Gasteiger partial charge in [-0.25, -0.2) is 17.9 Å². The molecule has 8 nitrogen and oxygen atoms in total. The predicted molar refractivity (Wildman–Crippen MR) is 73.4 cm³/mol. The average molecular weight is 331 g/mol. The molecule has 0 fully saturated rings. The number of benzene rings is 1. The second kappa shape index (κ2) is 5.80. The fraction of sp³-hybridized carbons (Fsp3) is 0.182. The number of nitrogens with one attached hydrogen (secondary N) is 1. The quantitative estimate of drug-likeness (QED) is 0.831. The molecule has 2 N–H and O–H groups in total. The molecule has 1 heterocycles. The highest BCUT2D eigenvalue weighted by Crippen LogP contribution is 2.22. The van der Waals surface area contributed by atoms with Crippen LogP contribution in [0, 0.1) is 0 Å². The van der Waals surface area contributed by atoms with E-state index in [-0.39, 0.29) is 22.0 Å². The van der Waals surface area contributed by atoms with Crippen molar-refractivity contribution in [3.05, 3.63) is 40.9 Å². The summed E-state index contributed by atoms with van der Waals surface area (Å²) in [4.78, 5) is 10.6. The van der Waals surface area contributed by atoms with Crippen LogP contribution in [-0.2, 0) is 23.6 Å². The minimum absolute atomic E-state index is 0.0644. The van der Waals surface area contributed by atoms with Crippen molar-refractivity contribution in [3.63, 3.8) is 0 Å². The first-order chi connectivity index (χ1) is 9.81. The Morgan fingerprint density at radius 2 is 2.19 bits per heavy atom. The number of aromatic carboxylic acids is 1. The Bertz CT molecular complexity index is 787. The Labute approximate surface area is 125 Å². The molecule has 0 atom stereocenters. The molecule has 0 bridgehead atoms. The SMILES string of the molecule is Cn1cnnc1CNS(=O)(=O)c1cc(C(=O)O)ccc1Cl. The lowest BCUT2D eigenvalue weighted by atomic mass is 10.2. The predicted octanol–water partition coefficient (Wildman–Crippen LogP) is 0.645. The zero-order chi connectivity index (χ0) is 15.6. The van der Waals surface area contributed by atoms with Crippen molar-refractivity contribution in [3.8, 4) is 0 Å². The number of carbonyl (C=O) groups is 1. The topological polar surface area (TPSA) is 114 Å². The van der Waals surface area contributed by atoms with Crippen molar-refractivity contribution in [2.24, 2.45) is 7.05 Å². The van der Waals surface area contributed by atoms with Crippen LogP contribution >= 0.6 is 11.6 Å². The Kier molecular flexibility index (Phi) is 4.26. The molecule has 112 valence electrons. The van der Waals surface area contributed by atoms with Crippen LogP contribution in [0.5, 0.6) is 0 Å². The second-order valence-electron chi connectivity index (χ2n) is 4.13. The number of aryl methyl sites for hydroxylation is 1. The highest BCUT2D eigenvalue weighted by molar-refractivity contribution is 7.89. The maximum Gasteiger partial charge on any atom is 0.335 e. The number of carboxylic acids is 1. The van der Waals surface area contributed by atoms with Gasteiger partial charge in [0.2, 0.25) is 10.0 Å². The van der Waals surface area contributed by atoms with Gasteiger partial charge in [0, 0.05) is 7.05 Å². The Hall–Kier alpha value is -1.97. The van der Waals surface area contributed by atoms with Gasteiger partial charge >= 0.3 is 5.97 Å². The molecule has 2 aromatic rings. The van der Waals surface area contributed by atoms with E-state index >= 15 is 0 Å². The average Bonchev–Trinajstić information content (AvgIpc) is 2.82. The van der Waals surface area contributed by atoms with Crippen molar-refractivity contribution >= 4 is 27.6 Å². The Balaban J connectivity index is 2.29. The van der Waals surface area contributed by atoms with E-state index in [9.17, 15) is 13.2 Å². The van der Waals surface area contributed by atoms with E-state index in [0.29, 0.717) is 5.82 Å². The number of carboxylic acid groups (broad SMARTS) is 1. The van der Waals surface area contributed by atoms with Crippen LogP contribution in [0.4, 0.5) is 0 Å². The van der Waals surface area contributed by atoms with Gasteiger partial charge in [0.25, 0.3) is 0 Å². The number of rotatable bonds is 5. The van der Waals surface area contributed by atoms with Gasteiger partial charge in [-0.1, -0.05) is 11.6 Å². The molecule has 21 heavy (non-hydrogen) atoms. The molecule has 0 aliphatic rings. The third kappa shape index (κ3) is 3.38. The molecule has 0 unspecified atom stereocenters. The van der Waals surface area contributed by atoms with Crippen molar-refractivity contribution in [2.45, 2.75) is 11.4 Å². The van der Waals surface area contributed by atoms with E-state index < -0.39 is 16.0 Å². The van der Waals surface area contributed by atoms with Crippen LogP contribution < -0.4 is 4.72 Å². The monoisotopic (exact) mass is 330 g/mol. The summed E-state index contributed by atoms with van der Waals surface area (Å²) in [6.45, 7) is -0.0908. The molecular weight excluding hydrogens is 320 g/mol. The zero-order valence-electron chi connectivity index (χ0n) is 10.8. The van der Waals surface area contributed by atoms with Crippen molar-refractivity contribution in [1.82, 2.24) is 19.5 Å². The lowest BCUT2D eigenvalue weighted by Crippen LogP contribution is -2.25. The van der Waals surface area contributed by atoms with Crippen LogP contribution in [0.2, 0.25) is 5.02 Å². The number of halogens is 1. The molecular formula is C11H11ClN4O4S. The lowest BCUT2D eigenvalue weighted by Gasteiger charge is -2.08. The minimum atomic E-state index is -3.97. The van der Waals surface area contributed by atoms with E-state index in [1.54, 1.807) is 11.6 Å². The van der Waals surface area contributed by atoms with E-state index in [4.69, 9.17) is 16.7 Å². The fourth-order valence-electron chi connectivity index (χ4n) is 1.55. The van der Waals surface area contributed by atoms with Gasteiger partial charge in [-0.05, 0) is 18.2 Å². The molecule has 0 radical (unpaired) electrons. The molecule has 1 aromatic heterocycles. The molecule has 0 aliphatic carbocycles. The van der Waals surface area contributed by atoms with E-state index in [0.717, 1.165) is 6.07 Å². The normalized spacial score (nSPS) is 11.5. The van der Waals surface area contributed by atoms with Crippen LogP contribution in [0.25, 0.3) is 0 Å². The van der Waals surface area contributed by atoms with Gasteiger partial charge in [-0.3, -0.25) is 0 Å². The lowest BCUT2D eigenvalue weighted by molar-refractivity contribution is 0.0696. The summed E-state index contributed by atoms with van der Waals surface area (Å²) >= 11 is 5.83. The summed E-state index contributed by atoms with van der Waals surface area (Å²) in [5, 5.41) is 16.2. The molecule has 0 spiro atoms. The molecule has 0 aliphatic heterocycles. The highest BCUT2D eigenvalue weighted by atomic mass is 35.5. The summed E-state index contributed by atoms with van der Waals surface area (Å²) in [6, 6.07) is 3.46. The van der Waals surface area contributed by atoms with Gasteiger partial charge in [0.15, 0.2) is 0 Å². The number of sulfonamides is 1. The first-order valence-corrected chi connectivity index (χ1v) is 7.53. The molecule has 1 aromatic carbocycles. The third-order valence-corrected chi connectivity index (χ3v) is 4.58. The maximum atomic E-state index is 12.2. The van der Waals surface area contributed by atoms with Crippen molar-refractivity contribution < 1.29 is 18.3 Å². The molecule has 0 saturated heterocycles. The van der Waals surface area contributed by atoms with Gasteiger partial charge in [-0.15, -0.1) is 10.2 Å². The first kappa shape index (κ1) is 15.4. The van der Waals surface area contributed by atoms with Gasteiger partial charge in [0.05, 0.1) is 17.1 Å². The summed E-state index contributed by atoms with van der Waals surface area (Å²) < 4.78 is 28.2. The standard InChI is InChI=1S/C11H11ClN4O4S/c1-16-6-13-15-10(16)5-14-21(19,20)9-4-7(11(17)18)2-3-8(9)12/h2-4,6,14H,5H2,1H3,(H,17,18). The first-order valence-electron chi connectivity index (χ1n) is 5.66. The van der Waals surface area contributed by atoms with Crippen molar-refractivity contribution in [1.29, 1.82) is 0 Å². The van der Waals surface area contributed by atoms with Gasteiger partial charge < -0.3 is 9.67 Å². The largest absolute Gasteiger partial charge is 0.478 e. The second-order valence-corrected chi connectivity index (χ2v) is 6.28. The van der Waals surface area contributed by atoms with Crippen LogP contribution in [0.15, 0.2) is 29.4 Å². The van der Waals surface area contributed by atoms with E-state index in [1.165, 1.54) is 18.5 Å². The van der Waals surface area contributed by atoms with Crippen LogP contribution in [0.1, 0.15) is 16.2 Å². The number of nitrogens with zero attached hydrogens (tertiary/aromatic N) is 3.